The summed E-state index contributed by atoms with van der Waals surface area (Å²) in [5, 5.41) is 9.66. The highest BCUT2D eigenvalue weighted by Gasteiger charge is 2.43. The van der Waals surface area contributed by atoms with Crippen molar-refractivity contribution >= 4 is 47.1 Å². The predicted molar refractivity (Wildman–Crippen MR) is 135 cm³/mol. The smallest absolute Gasteiger partial charge is 0.409 e. The Bertz CT molecular complexity index is 1010. The lowest BCUT2D eigenvalue weighted by molar-refractivity contribution is -0.153. The largest absolute Gasteiger partial charge is 0.481 e. The third kappa shape index (κ3) is 7.70. The molecule has 3 rings (SSSR count). The number of esters is 1. The number of carbonyl (C=O) groups excluding carboxylic acids is 3. The third-order valence-electron chi connectivity index (χ3n) is 6.63. The van der Waals surface area contributed by atoms with Crippen molar-refractivity contribution < 1.29 is 33.8 Å². The number of carboxylic acid groups (broad SMARTS) is 1. The van der Waals surface area contributed by atoms with Gasteiger partial charge in [0.1, 0.15) is 12.6 Å². The van der Waals surface area contributed by atoms with E-state index < -0.39 is 42.6 Å². The molecule has 2 saturated heterocycles. The molecule has 0 aromatic heterocycles. The van der Waals surface area contributed by atoms with Crippen LogP contribution in [0, 0.1) is 0 Å². The van der Waals surface area contributed by atoms with Crippen molar-refractivity contribution in [3.8, 4) is 0 Å². The van der Waals surface area contributed by atoms with Crippen LogP contribution in [0.2, 0.25) is 10.0 Å². The Morgan fingerprint density at radius 2 is 1.73 bits per heavy atom. The zero-order valence-electron chi connectivity index (χ0n) is 20.6. The van der Waals surface area contributed by atoms with Crippen LogP contribution in [0.3, 0.4) is 0 Å². The summed E-state index contributed by atoms with van der Waals surface area (Å²) in [6.07, 6.45) is 0.916. The molecular weight excluding hydrogens is 527 g/mol. The average molecular weight is 559 g/mol. The molecule has 2 heterocycles. The van der Waals surface area contributed by atoms with Crippen molar-refractivity contribution in [2.45, 2.75) is 43.8 Å². The molecule has 2 fully saturated rings. The normalized spacial score (nSPS) is 21.0. The van der Waals surface area contributed by atoms with Crippen LogP contribution in [0.5, 0.6) is 0 Å². The minimum Gasteiger partial charge on any atom is -0.481 e. The summed E-state index contributed by atoms with van der Waals surface area (Å²) >= 11 is 12.1. The van der Waals surface area contributed by atoms with E-state index in [-0.39, 0.29) is 32.0 Å². The van der Waals surface area contributed by atoms with Crippen molar-refractivity contribution in [2.75, 3.05) is 46.4 Å². The van der Waals surface area contributed by atoms with E-state index in [9.17, 15) is 19.2 Å². The lowest BCUT2D eigenvalue weighted by atomic mass is 9.99. The second-order valence-corrected chi connectivity index (χ2v) is 9.97. The van der Waals surface area contributed by atoms with Gasteiger partial charge < -0.3 is 30.1 Å². The number of likely N-dealkylation sites (tertiary alicyclic amines) is 1. The first kappa shape index (κ1) is 29.0. The molecule has 3 N–H and O–H groups in total. The van der Waals surface area contributed by atoms with Crippen molar-refractivity contribution in [3.05, 3.63) is 33.8 Å². The van der Waals surface area contributed by atoms with Crippen molar-refractivity contribution in [1.29, 1.82) is 0 Å². The first-order valence-electron chi connectivity index (χ1n) is 12.0. The zero-order chi connectivity index (χ0) is 27.1. The molecule has 3 unspecified atom stereocenters. The van der Waals surface area contributed by atoms with E-state index in [1.54, 1.807) is 23.1 Å². The number of carbonyl (C=O) groups is 4. The number of piperazine rings is 1. The molecule has 1 aromatic carbocycles. The Morgan fingerprint density at radius 1 is 1.05 bits per heavy atom. The minimum absolute atomic E-state index is 0.0710. The van der Waals surface area contributed by atoms with E-state index in [1.165, 1.54) is 12.0 Å². The fourth-order valence-corrected chi connectivity index (χ4v) is 5.06. The number of hydrogen-bond acceptors (Lipinski definition) is 8. The molecule has 3 atom stereocenters. The number of halogens is 2. The van der Waals surface area contributed by atoms with E-state index >= 15 is 0 Å². The SMILES string of the molecule is COC(=O)N1CCN(C(=O)Cc2ccc(Cl)c(Cl)c2)C(CN2CCCC2)C1COC(=O)C(N)CC(=O)O. The van der Waals surface area contributed by atoms with E-state index in [4.69, 9.17) is 43.5 Å². The zero-order valence-corrected chi connectivity index (χ0v) is 22.1. The van der Waals surface area contributed by atoms with E-state index in [1.807, 2.05) is 0 Å². The van der Waals surface area contributed by atoms with Gasteiger partial charge in [-0.1, -0.05) is 29.3 Å². The Balaban J connectivity index is 1.85. The van der Waals surface area contributed by atoms with Gasteiger partial charge in [-0.2, -0.15) is 0 Å². The highest BCUT2D eigenvalue weighted by Crippen LogP contribution is 2.26. The third-order valence-corrected chi connectivity index (χ3v) is 7.37. The summed E-state index contributed by atoms with van der Waals surface area (Å²) in [7, 11) is 1.26. The van der Waals surface area contributed by atoms with Gasteiger partial charge in [0.05, 0.1) is 42.1 Å². The van der Waals surface area contributed by atoms with Gasteiger partial charge in [0.15, 0.2) is 0 Å². The summed E-state index contributed by atoms with van der Waals surface area (Å²) in [4.78, 5) is 54.8. The minimum atomic E-state index is -1.35. The van der Waals surface area contributed by atoms with Crippen LogP contribution in [0.4, 0.5) is 4.79 Å². The maximum Gasteiger partial charge on any atom is 0.409 e. The van der Waals surface area contributed by atoms with Gasteiger partial charge in [-0.05, 0) is 43.6 Å². The summed E-state index contributed by atoms with van der Waals surface area (Å²) in [5.41, 5.74) is 6.34. The van der Waals surface area contributed by atoms with Crippen LogP contribution in [-0.4, -0.2) is 108 Å². The molecule has 11 nitrogen and oxygen atoms in total. The molecule has 204 valence electrons. The van der Waals surface area contributed by atoms with Gasteiger partial charge in [-0.15, -0.1) is 0 Å². The van der Waals surface area contributed by atoms with Gasteiger partial charge in [-0.3, -0.25) is 19.3 Å². The number of nitrogens with two attached hydrogens (primary N) is 1. The molecular formula is C24H32Cl2N4O7. The number of hydrogen-bond donors (Lipinski definition) is 2. The number of ether oxygens (including phenoxy) is 2. The molecule has 0 saturated carbocycles. The molecule has 37 heavy (non-hydrogen) atoms. The number of rotatable bonds is 9. The van der Waals surface area contributed by atoms with E-state index in [2.05, 4.69) is 4.90 Å². The van der Waals surface area contributed by atoms with Crippen LogP contribution >= 0.6 is 23.2 Å². The molecule has 2 amide bonds. The number of benzene rings is 1. The molecule has 0 aliphatic carbocycles. The summed E-state index contributed by atoms with van der Waals surface area (Å²) < 4.78 is 10.3. The average Bonchev–Trinajstić information content (AvgIpc) is 3.37. The number of nitrogens with zero attached hydrogens (tertiary/aromatic N) is 3. The van der Waals surface area contributed by atoms with Crippen molar-refractivity contribution in [2.24, 2.45) is 5.73 Å². The maximum atomic E-state index is 13.5. The van der Waals surface area contributed by atoms with Gasteiger partial charge in [0.25, 0.3) is 0 Å². The second kappa shape index (κ2) is 13.3. The molecule has 13 heteroatoms. The van der Waals surface area contributed by atoms with Gasteiger partial charge in [-0.25, -0.2) is 4.79 Å². The monoisotopic (exact) mass is 558 g/mol. The van der Waals surface area contributed by atoms with Crippen LogP contribution in [0.25, 0.3) is 0 Å². The van der Waals surface area contributed by atoms with Crippen LogP contribution in [0.15, 0.2) is 18.2 Å². The van der Waals surface area contributed by atoms with E-state index in [0.717, 1.165) is 25.9 Å². The van der Waals surface area contributed by atoms with Crippen molar-refractivity contribution in [3.63, 3.8) is 0 Å². The lowest BCUT2D eigenvalue weighted by Crippen LogP contribution is -2.66. The Labute approximate surface area is 225 Å². The molecule has 0 spiro atoms. The molecule has 0 radical (unpaired) electrons. The quantitative estimate of drug-likeness (QED) is 0.432. The maximum absolute atomic E-state index is 13.5. The summed E-state index contributed by atoms with van der Waals surface area (Å²) in [5.74, 6) is -2.30. The standard InChI is InChI=1S/C24H32Cl2N4O7/c1-36-24(35)30-9-8-29(21(31)11-15-4-5-16(25)17(26)10-15)19(13-28-6-2-3-7-28)20(30)14-37-23(34)18(27)12-22(32)33/h4-5,10,18-20H,2-3,6-9,11-14,27H2,1H3,(H,32,33). The van der Waals surface area contributed by atoms with Gasteiger partial charge in [0, 0.05) is 19.6 Å². The van der Waals surface area contributed by atoms with Crippen LogP contribution in [0.1, 0.15) is 24.8 Å². The number of amides is 2. The molecule has 2 aliphatic heterocycles. The Kier molecular flexibility index (Phi) is 10.4. The first-order valence-corrected chi connectivity index (χ1v) is 12.8. The van der Waals surface area contributed by atoms with Gasteiger partial charge >= 0.3 is 18.0 Å². The van der Waals surface area contributed by atoms with E-state index in [0.29, 0.717) is 22.2 Å². The molecule has 0 bridgehead atoms. The number of carboxylic acids is 1. The van der Waals surface area contributed by atoms with Crippen molar-refractivity contribution in [1.82, 2.24) is 14.7 Å². The van der Waals surface area contributed by atoms with Gasteiger partial charge in [0.2, 0.25) is 5.91 Å². The number of aliphatic carboxylic acids is 1. The predicted octanol–water partition coefficient (Wildman–Crippen LogP) is 1.62. The fourth-order valence-electron chi connectivity index (χ4n) is 4.74. The lowest BCUT2D eigenvalue weighted by Gasteiger charge is -2.47. The topological polar surface area (TPSA) is 143 Å². The fraction of sp³-hybridized carbons (Fsp3) is 0.583. The Morgan fingerprint density at radius 3 is 2.35 bits per heavy atom. The Hall–Kier alpha value is -2.60. The van der Waals surface area contributed by atoms with Crippen LogP contribution in [-0.2, 0) is 30.3 Å². The van der Waals surface area contributed by atoms with Crippen LogP contribution < -0.4 is 5.73 Å². The first-order chi connectivity index (χ1) is 17.6. The molecule has 1 aromatic rings. The molecule has 2 aliphatic rings. The second-order valence-electron chi connectivity index (χ2n) is 9.15. The summed E-state index contributed by atoms with van der Waals surface area (Å²) in [6.45, 7) is 2.32. The number of methoxy groups -OCH3 is 1. The highest BCUT2D eigenvalue weighted by atomic mass is 35.5. The summed E-state index contributed by atoms with van der Waals surface area (Å²) in [6, 6.07) is 2.43. The highest BCUT2D eigenvalue weighted by molar-refractivity contribution is 6.42.